The Kier molecular flexibility index (Phi) is 5.27. The molecule has 0 aromatic heterocycles. The molecule has 1 heterocycles. The molecule has 0 unspecified atom stereocenters. The summed E-state index contributed by atoms with van der Waals surface area (Å²) in [6.07, 6.45) is 0. The molecule has 1 aliphatic heterocycles. The molecule has 112 valence electrons. The molecule has 0 spiro atoms. The summed E-state index contributed by atoms with van der Waals surface area (Å²) in [6.45, 7) is 2.68. The number of likely N-dealkylation sites (N-methyl/N-ethyl adjacent to an activating group) is 1. The zero-order valence-corrected chi connectivity index (χ0v) is 14.6. The lowest BCUT2D eigenvalue weighted by Gasteiger charge is -2.15. The predicted molar refractivity (Wildman–Crippen MR) is 97.7 cm³/mol. The Morgan fingerprint density at radius 3 is 2.67 bits per heavy atom. The summed E-state index contributed by atoms with van der Waals surface area (Å²) in [5.74, 6) is 1.88. The van der Waals surface area contributed by atoms with Gasteiger partial charge in [0.2, 0.25) is 0 Å². The largest absolute Gasteiger partial charge is 0.497 e. The van der Waals surface area contributed by atoms with Crippen molar-refractivity contribution in [2.45, 2.75) is 6.54 Å². The fourth-order valence-electron chi connectivity index (χ4n) is 2.41. The SMILES string of the molecule is COc1ccc2cc(CNC3=NCCN3C)ccc2c1.I. The summed E-state index contributed by atoms with van der Waals surface area (Å²) in [6, 6.07) is 12.6. The van der Waals surface area contributed by atoms with Gasteiger partial charge in [0.15, 0.2) is 5.96 Å². The minimum Gasteiger partial charge on any atom is -0.497 e. The van der Waals surface area contributed by atoms with E-state index in [0.717, 1.165) is 31.3 Å². The minimum absolute atomic E-state index is 0. The van der Waals surface area contributed by atoms with E-state index >= 15 is 0 Å². The van der Waals surface area contributed by atoms with E-state index in [9.17, 15) is 0 Å². The smallest absolute Gasteiger partial charge is 0.194 e. The number of guanidine groups is 1. The molecule has 1 N–H and O–H groups in total. The first-order chi connectivity index (χ1) is 9.76. The van der Waals surface area contributed by atoms with Crippen molar-refractivity contribution in [1.82, 2.24) is 10.2 Å². The van der Waals surface area contributed by atoms with E-state index in [1.807, 2.05) is 6.07 Å². The van der Waals surface area contributed by atoms with Crippen LogP contribution in [0, 0.1) is 0 Å². The Balaban J connectivity index is 0.00000161. The fourth-order valence-corrected chi connectivity index (χ4v) is 2.41. The standard InChI is InChI=1S/C16H19N3O.HI/c1-19-8-7-17-16(19)18-11-12-3-4-14-10-15(20-2)6-5-13(14)9-12;/h3-6,9-10H,7-8,11H2,1-2H3,(H,17,18);1H. The lowest BCUT2D eigenvalue weighted by Crippen LogP contribution is -2.35. The maximum Gasteiger partial charge on any atom is 0.194 e. The average Bonchev–Trinajstić information content (AvgIpc) is 2.89. The van der Waals surface area contributed by atoms with Crippen molar-refractivity contribution in [3.8, 4) is 5.75 Å². The highest BCUT2D eigenvalue weighted by Gasteiger charge is 2.11. The second-order valence-corrected chi connectivity index (χ2v) is 5.03. The molecule has 21 heavy (non-hydrogen) atoms. The van der Waals surface area contributed by atoms with Gasteiger partial charge in [-0.25, -0.2) is 0 Å². The number of halogens is 1. The molecule has 1 aliphatic rings. The number of nitrogens with one attached hydrogen (secondary N) is 1. The summed E-state index contributed by atoms with van der Waals surface area (Å²) < 4.78 is 5.25. The van der Waals surface area contributed by atoms with Crippen LogP contribution in [0.3, 0.4) is 0 Å². The van der Waals surface area contributed by atoms with Crippen molar-refractivity contribution in [2.24, 2.45) is 4.99 Å². The van der Waals surface area contributed by atoms with Crippen molar-refractivity contribution < 1.29 is 4.74 Å². The van der Waals surface area contributed by atoms with Gasteiger partial charge in [-0.3, -0.25) is 4.99 Å². The van der Waals surface area contributed by atoms with Gasteiger partial charge >= 0.3 is 0 Å². The van der Waals surface area contributed by atoms with Crippen LogP contribution in [-0.2, 0) is 6.54 Å². The predicted octanol–water partition coefficient (Wildman–Crippen LogP) is 2.86. The molecule has 3 rings (SSSR count). The number of benzene rings is 2. The number of hydrogen-bond donors (Lipinski definition) is 1. The van der Waals surface area contributed by atoms with Crippen LogP contribution in [0.1, 0.15) is 5.56 Å². The monoisotopic (exact) mass is 397 g/mol. The maximum atomic E-state index is 5.25. The second-order valence-electron chi connectivity index (χ2n) is 5.03. The van der Waals surface area contributed by atoms with E-state index in [2.05, 4.69) is 52.6 Å². The molecule has 0 atom stereocenters. The Hall–Kier alpha value is -1.50. The summed E-state index contributed by atoms with van der Waals surface area (Å²) in [7, 11) is 3.75. The highest BCUT2D eigenvalue weighted by atomic mass is 127. The topological polar surface area (TPSA) is 36.9 Å². The Morgan fingerprint density at radius 1 is 1.19 bits per heavy atom. The maximum absolute atomic E-state index is 5.25. The zero-order valence-electron chi connectivity index (χ0n) is 12.3. The van der Waals surface area contributed by atoms with Crippen LogP contribution in [0.25, 0.3) is 10.8 Å². The van der Waals surface area contributed by atoms with Crippen LogP contribution in [0.15, 0.2) is 41.4 Å². The van der Waals surface area contributed by atoms with E-state index in [4.69, 9.17) is 4.74 Å². The first kappa shape index (κ1) is 15.9. The lowest BCUT2D eigenvalue weighted by molar-refractivity contribution is 0.415. The van der Waals surface area contributed by atoms with Gasteiger partial charge in [0, 0.05) is 20.1 Å². The summed E-state index contributed by atoms with van der Waals surface area (Å²) >= 11 is 0. The molecule has 4 nitrogen and oxygen atoms in total. The number of rotatable bonds is 3. The number of fused-ring (bicyclic) bond motifs is 1. The number of aliphatic imine (C=N–C) groups is 1. The van der Waals surface area contributed by atoms with Gasteiger partial charge in [0.05, 0.1) is 13.7 Å². The molecule has 0 fully saturated rings. The van der Waals surface area contributed by atoms with Crippen LogP contribution < -0.4 is 10.1 Å². The highest BCUT2D eigenvalue weighted by Crippen LogP contribution is 2.21. The number of ether oxygens (including phenoxy) is 1. The van der Waals surface area contributed by atoms with Gasteiger partial charge < -0.3 is 15.0 Å². The number of nitrogens with zero attached hydrogens (tertiary/aromatic N) is 2. The molecule has 0 radical (unpaired) electrons. The van der Waals surface area contributed by atoms with Gasteiger partial charge in [0.25, 0.3) is 0 Å². The van der Waals surface area contributed by atoms with Crippen molar-refractivity contribution in [2.75, 3.05) is 27.2 Å². The Morgan fingerprint density at radius 2 is 1.95 bits per heavy atom. The third-order valence-corrected chi connectivity index (χ3v) is 3.62. The molecule has 5 heteroatoms. The fraction of sp³-hybridized carbons (Fsp3) is 0.312. The van der Waals surface area contributed by atoms with Gasteiger partial charge in [-0.05, 0) is 34.5 Å². The van der Waals surface area contributed by atoms with E-state index < -0.39 is 0 Å². The highest BCUT2D eigenvalue weighted by molar-refractivity contribution is 14.0. The molecule has 0 bridgehead atoms. The third kappa shape index (κ3) is 3.58. The van der Waals surface area contributed by atoms with Crippen LogP contribution in [-0.4, -0.2) is 38.1 Å². The number of methoxy groups -OCH3 is 1. The van der Waals surface area contributed by atoms with Crippen LogP contribution in [0.2, 0.25) is 0 Å². The van der Waals surface area contributed by atoms with Crippen molar-refractivity contribution in [3.63, 3.8) is 0 Å². The van der Waals surface area contributed by atoms with Crippen LogP contribution >= 0.6 is 24.0 Å². The molecule has 0 saturated carbocycles. The van der Waals surface area contributed by atoms with E-state index in [1.54, 1.807) is 7.11 Å². The molecule has 0 aliphatic carbocycles. The van der Waals surface area contributed by atoms with Gasteiger partial charge in [-0.2, -0.15) is 0 Å². The van der Waals surface area contributed by atoms with Crippen molar-refractivity contribution in [1.29, 1.82) is 0 Å². The molecule has 2 aromatic rings. The lowest BCUT2D eigenvalue weighted by atomic mass is 10.1. The van der Waals surface area contributed by atoms with Crippen LogP contribution in [0.5, 0.6) is 5.75 Å². The van der Waals surface area contributed by atoms with E-state index in [0.29, 0.717) is 0 Å². The quantitative estimate of drug-likeness (QED) is 0.810. The number of hydrogen-bond acceptors (Lipinski definition) is 4. The molecular formula is C16H20IN3O. The minimum atomic E-state index is 0. The van der Waals surface area contributed by atoms with Gasteiger partial charge in [0.1, 0.15) is 5.75 Å². The van der Waals surface area contributed by atoms with Crippen LogP contribution in [0.4, 0.5) is 0 Å². The normalized spacial score (nSPS) is 13.8. The van der Waals surface area contributed by atoms with Gasteiger partial charge in [-0.1, -0.05) is 18.2 Å². The third-order valence-electron chi connectivity index (χ3n) is 3.62. The first-order valence-corrected chi connectivity index (χ1v) is 6.82. The molecule has 0 saturated heterocycles. The molecule has 2 aromatic carbocycles. The first-order valence-electron chi connectivity index (χ1n) is 6.82. The van der Waals surface area contributed by atoms with Crippen molar-refractivity contribution in [3.05, 3.63) is 42.0 Å². The average molecular weight is 397 g/mol. The summed E-state index contributed by atoms with van der Waals surface area (Å²) in [5, 5.41) is 5.81. The molecule has 0 amide bonds. The summed E-state index contributed by atoms with van der Waals surface area (Å²) in [5.41, 5.74) is 1.26. The summed E-state index contributed by atoms with van der Waals surface area (Å²) in [4.78, 5) is 6.58. The zero-order chi connectivity index (χ0) is 13.9. The van der Waals surface area contributed by atoms with E-state index in [1.165, 1.54) is 16.3 Å². The van der Waals surface area contributed by atoms with Crippen molar-refractivity contribution >= 4 is 40.7 Å². The second kappa shape index (κ2) is 6.98. The van der Waals surface area contributed by atoms with Gasteiger partial charge in [-0.15, -0.1) is 24.0 Å². The Labute approximate surface area is 142 Å². The van der Waals surface area contributed by atoms with E-state index in [-0.39, 0.29) is 24.0 Å². The Bertz CT molecular complexity index is 657. The molecular weight excluding hydrogens is 377 g/mol.